The number of ether oxygens (including phenoxy) is 1. The Labute approximate surface area is 106 Å². The van der Waals surface area contributed by atoms with Gasteiger partial charge in [-0.2, -0.15) is 0 Å². The van der Waals surface area contributed by atoms with Crippen LogP contribution < -0.4 is 5.32 Å². The van der Waals surface area contributed by atoms with Gasteiger partial charge in [-0.15, -0.1) is 0 Å². The lowest BCUT2D eigenvalue weighted by atomic mass is 9.99. The van der Waals surface area contributed by atoms with Crippen molar-refractivity contribution >= 4 is 0 Å². The second-order valence-electron chi connectivity index (χ2n) is 5.99. The summed E-state index contributed by atoms with van der Waals surface area (Å²) in [6.07, 6.45) is 5.24. The zero-order valence-electron chi connectivity index (χ0n) is 11.5. The normalized spacial score (nSPS) is 31.4. The van der Waals surface area contributed by atoms with Gasteiger partial charge in [0.25, 0.3) is 0 Å². The Kier molecular flexibility index (Phi) is 4.83. The molecule has 1 heterocycles. The molecule has 0 spiro atoms. The summed E-state index contributed by atoms with van der Waals surface area (Å²) in [7, 11) is 0. The monoisotopic (exact) mass is 240 g/mol. The van der Waals surface area contributed by atoms with Gasteiger partial charge in [-0.05, 0) is 51.6 Å². The van der Waals surface area contributed by atoms with E-state index in [9.17, 15) is 0 Å². The summed E-state index contributed by atoms with van der Waals surface area (Å²) >= 11 is 0. The molecule has 0 radical (unpaired) electrons. The molecule has 1 saturated heterocycles. The Morgan fingerprint density at radius 3 is 2.94 bits per heavy atom. The fourth-order valence-electron chi connectivity index (χ4n) is 2.48. The molecule has 1 aliphatic carbocycles. The Hall–Kier alpha value is -0.120. The standard InChI is InChI=1S/C14H28N2O/c1-3-14(2)12-16(8-4-7-15-14)9-10-17-11-13-5-6-13/h13,15H,3-12H2,1-2H3. The van der Waals surface area contributed by atoms with E-state index in [1.165, 1.54) is 32.2 Å². The Morgan fingerprint density at radius 2 is 2.24 bits per heavy atom. The van der Waals surface area contributed by atoms with Gasteiger partial charge in [0, 0.05) is 25.2 Å². The number of rotatable bonds is 6. The molecule has 1 unspecified atom stereocenters. The van der Waals surface area contributed by atoms with E-state index in [4.69, 9.17) is 4.74 Å². The molecule has 2 fully saturated rings. The predicted octanol–water partition coefficient (Wildman–Crippen LogP) is 1.88. The van der Waals surface area contributed by atoms with Crippen LogP contribution in [0.3, 0.4) is 0 Å². The zero-order chi connectivity index (χ0) is 12.1. The van der Waals surface area contributed by atoms with Crippen LogP contribution in [0, 0.1) is 5.92 Å². The van der Waals surface area contributed by atoms with Crippen LogP contribution in [-0.2, 0) is 4.74 Å². The molecular formula is C14H28N2O. The number of hydrogen-bond donors (Lipinski definition) is 1. The fourth-order valence-corrected chi connectivity index (χ4v) is 2.48. The van der Waals surface area contributed by atoms with Gasteiger partial charge in [0.15, 0.2) is 0 Å². The van der Waals surface area contributed by atoms with E-state index in [-0.39, 0.29) is 0 Å². The third-order valence-corrected chi connectivity index (χ3v) is 4.16. The van der Waals surface area contributed by atoms with E-state index in [1.807, 2.05) is 0 Å². The molecular weight excluding hydrogens is 212 g/mol. The minimum atomic E-state index is 0.299. The van der Waals surface area contributed by atoms with Crippen molar-refractivity contribution in [2.75, 3.05) is 39.4 Å². The molecule has 0 aromatic carbocycles. The van der Waals surface area contributed by atoms with Crippen molar-refractivity contribution in [2.24, 2.45) is 5.92 Å². The van der Waals surface area contributed by atoms with Gasteiger partial charge in [-0.3, -0.25) is 4.90 Å². The zero-order valence-corrected chi connectivity index (χ0v) is 11.5. The molecule has 1 saturated carbocycles. The van der Waals surface area contributed by atoms with Crippen molar-refractivity contribution in [1.82, 2.24) is 10.2 Å². The van der Waals surface area contributed by atoms with Crippen LogP contribution in [0.4, 0.5) is 0 Å². The van der Waals surface area contributed by atoms with Gasteiger partial charge < -0.3 is 10.1 Å². The van der Waals surface area contributed by atoms with Crippen LogP contribution in [0.15, 0.2) is 0 Å². The SMILES string of the molecule is CCC1(C)CN(CCOCC2CC2)CCCN1. The minimum absolute atomic E-state index is 0.299. The first-order chi connectivity index (χ1) is 8.22. The minimum Gasteiger partial charge on any atom is -0.380 e. The molecule has 0 aromatic heterocycles. The highest BCUT2D eigenvalue weighted by Gasteiger charge is 2.27. The Morgan fingerprint density at radius 1 is 1.41 bits per heavy atom. The molecule has 0 aromatic rings. The van der Waals surface area contributed by atoms with E-state index in [0.717, 1.165) is 38.8 Å². The molecule has 0 bridgehead atoms. The van der Waals surface area contributed by atoms with Crippen LogP contribution in [-0.4, -0.2) is 49.8 Å². The molecule has 100 valence electrons. The van der Waals surface area contributed by atoms with Gasteiger partial charge in [0.05, 0.1) is 6.61 Å². The van der Waals surface area contributed by atoms with Crippen LogP contribution in [0.25, 0.3) is 0 Å². The van der Waals surface area contributed by atoms with E-state index in [2.05, 4.69) is 24.1 Å². The van der Waals surface area contributed by atoms with Crippen molar-refractivity contribution in [3.8, 4) is 0 Å². The summed E-state index contributed by atoms with van der Waals surface area (Å²) in [5.41, 5.74) is 0.299. The number of nitrogens with one attached hydrogen (secondary N) is 1. The summed E-state index contributed by atoms with van der Waals surface area (Å²) in [4.78, 5) is 2.57. The second kappa shape index (κ2) is 6.17. The van der Waals surface area contributed by atoms with E-state index < -0.39 is 0 Å². The highest BCUT2D eigenvalue weighted by atomic mass is 16.5. The molecule has 1 aliphatic heterocycles. The second-order valence-corrected chi connectivity index (χ2v) is 5.99. The molecule has 3 nitrogen and oxygen atoms in total. The highest BCUT2D eigenvalue weighted by Crippen LogP contribution is 2.28. The van der Waals surface area contributed by atoms with Gasteiger partial charge in [-0.25, -0.2) is 0 Å². The first-order valence-corrected chi connectivity index (χ1v) is 7.27. The predicted molar refractivity (Wildman–Crippen MR) is 71.3 cm³/mol. The van der Waals surface area contributed by atoms with Gasteiger partial charge in [0.2, 0.25) is 0 Å². The molecule has 2 rings (SSSR count). The van der Waals surface area contributed by atoms with Crippen molar-refractivity contribution < 1.29 is 4.74 Å². The molecule has 1 atom stereocenters. The maximum atomic E-state index is 5.74. The van der Waals surface area contributed by atoms with E-state index in [0.29, 0.717) is 5.54 Å². The molecule has 2 aliphatic rings. The molecule has 1 N–H and O–H groups in total. The third-order valence-electron chi connectivity index (χ3n) is 4.16. The summed E-state index contributed by atoms with van der Waals surface area (Å²) in [5, 5.41) is 3.67. The van der Waals surface area contributed by atoms with Gasteiger partial charge in [0.1, 0.15) is 0 Å². The lowest BCUT2D eigenvalue weighted by Crippen LogP contribution is -2.49. The summed E-state index contributed by atoms with van der Waals surface area (Å²) < 4.78 is 5.74. The molecule has 0 amide bonds. The maximum absolute atomic E-state index is 5.74. The summed E-state index contributed by atoms with van der Waals surface area (Å²) in [5.74, 6) is 0.890. The summed E-state index contributed by atoms with van der Waals surface area (Å²) in [6, 6.07) is 0. The average Bonchev–Trinajstić information content (AvgIpc) is 3.13. The van der Waals surface area contributed by atoms with Crippen molar-refractivity contribution in [3.05, 3.63) is 0 Å². The van der Waals surface area contributed by atoms with Crippen molar-refractivity contribution in [2.45, 2.75) is 45.1 Å². The van der Waals surface area contributed by atoms with Crippen LogP contribution in [0.5, 0.6) is 0 Å². The largest absolute Gasteiger partial charge is 0.380 e. The van der Waals surface area contributed by atoms with Crippen molar-refractivity contribution in [3.63, 3.8) is 0 Å². The van der Waals surface area contributed by atoms with Crippen LogP contribution in [0.2, 0.25) is 0 Å². The Balaban J connectivity index is 1.66. The average molecular weight is 240 g/mol. The van der Waals surface area contributed by atoms with Gasteiger partial charge in [-0.1, -0.05) is 6.92 Å². The quantitative estimate of drug-likeness (QED) is 0.717. The van der Waals surface area contributed by atoms with Crippen LogP contribution in [0.1, 0.15) is 39.5 Å². The number of hydrogen-bond acceptors (Lipinski definition) is 3. The molecule has 3 heteroatoms. The molecule has 17 heavy (non-hydrogen) atoms. The lowest BCUT2D eigenvalue weighted by molar-refractivity contribution is 0.0901. The fraction of sp³-hybridized carbons (Fsp3) is 1.00. The first kappa shape index (κ1) is 13.3. The Bertz CT molecular complexity index is 230. The maximum Gasteiger partial charge on any atom is 0.0593 e. The van der Waals surface area contributed by atoms with Crippen molar-refractivity contribution in [1.29, 1.82) is 0 Å². The van der Waals surface area contributed by atoms with E-state index in [1.54, 1.807) is 0 Å². The summed E-state index contributed by atoms with van der Waals surface area (Å²) in [6.45, 7) is 11.2. The first-order valence-electron chi connectivity index (χ1n) is 7.27. The lowest BCUT2D eigenvalue weighted by Gasteiger charge is -2.32. The third kappa shape index (κ3) is 4.57. The van der Waals surface area contributed by atoms with Crippen LogP contribution >= 0.6 is 0 Å². The van der Waals surface area contributed by atoms with E-state index >= 15 is 0 Å². The topological polar surface area (TPSA) is 24.5 Å². The van der Waals surface area contributed by atoms with Gasteiger partial charge >= 0.3 is 0 Å². The highest BCUT2D eigenvalue weighted by molar-refractivity contribution is 4.87. The number of nitrogens with zero attached hydrogens (tertiary/aromatic N) is 1. The smallest absolute Gasteiger partial charge is 0.0593 e.